The number of hydrogen-bond donors (Lipinski definition) is 2. The molecule has 1 unspecified atom stereocenters. The number of halogens is 3. The molecule has 1 aliphatic carbocycles. The smallest absolute Gasteiger partial charge is 0.416 e. The fourth-order valence-corrected chi connectivity index (χ4v) is 5.61. The largest absolute Gasteiger partial charge is 0.481 e. The molecule has 3 aromatic carbocycles. The zero-order valence-corrected chi connectivity index (χ0v) is 22.0. The van der Waals surface area contributed by atoms with Crippen molar-refractivity contribution in [1.29, 1.82) is 0 Å². The van der Waals surface area contributed by atoms with Gasteiger partial charge < -0.3 is 10.4 Å². The van der Waals surface area contributed by atoms with Crippen LogP contribution in [-0.2, 0) is 17.5 Å². The van der Waals surface area contributed by atoms with Crippen LogP contribution in [0, 0.1) is 11.8 Å². The number of carbonyl (C=O) groups is 2. The van der Waals surface area contributed by atoms with Crippen LogP contribution in [-0.4, -0.2) is 32.8 Å². The molecule has 0 spiro atoms. The van der Waals surface area contributed by atoms with Gasteiger partial charge in [-0.3, -0.25) is 14.3 Å². The highest BCUT2D eigenvalue weighted by Crippen LogP contribution is 2.33. The van der Waals surface area contributed by atoms with Crippen LogP contribution in [0.4, 0.5) is 13.2 Å². The van der Waals surface area contributed by atoms with Crippen LogP contribution >= 0.6 is 0 Å². The summed E-state index contributed by atoms with van der Waals surface area (Å²) in [6.45, 7) is 2.00. The maximum Gasteiger partial charge on any atom is 0.416 e. The topological polar surface area (TPSA) is 84.2 Å². The normalized spacial score (nSPS) is 18.4. The lowest BCUT2D eigenvalue weighted by molar-refractivity contribution is -0.143. The van der Waals surface area contributed by atoms with Crippen molar-refractivity contribution in [3.05, 3.63) is 89.6 Å². The summed E-state index contributed by atoms with van der Waals surface area (Å²) < 4.78 is 41.5. The molecular formula is C31H30F3N3O3. The van der Waals surface area contributed by atoms with Crippen molar-refractivity contribution in [2.45, 2.75) is 51.4 Å². The van der Waals surface area contributed by atoms with E-state index in [0.29, 0.717) is 47.7 Å². The lowest BCUT2D eigenvalue weighted by Crippen LogP contribution is -2.40. The molecule has 1 aliphatic rings. The van der Waals surface area contributed by atoms with Crippen molar-refractivity contribution >= 4 is 22.8 Å². The van der Waals surface area contributed by atoms with Gasteiger partial charge in [0.15, 0.2) is 0 Å². The van der Waals surface area contributed by atoms with Gasteiger partial charge in [0.1, 0.15) is 0 Å². The van der Waals surface area contributed by atoms with Crippen LogP contribution in [0.15, 0.2) is 72.9 Å². The van der Waals surface area contributed by atoms with Gasteiger partial charge >= 0.3 is 12.1 Å². The van der Waals surface area contributed by atoms with Crippen LogP contribution in [0.2, 0.25) is 0 Å². The van der Waals surface area contributed by atoms with Crippen LogP contribution in [0.3, 0.4) is 0 Å². The van der Waals surface area contributed by atoms with E-state index in [4.69, 9.17) is 0 Å². The Bertz CT molecular complexity index is 1520. The maximum absolute atomic E-state index is 13.8. The first-order valence-electron chi connectivity index (χ1n) is 13.3. The summed E-state index contributed by atoms with van der Waals surface area (Å²) in [4.78, 5) is 25.1. The van der Waals surface area contributed by atoms with E-state index in [1.165, 1.54) is 6.07 Å². The van der Waals surface area contributed by atoms with Crippen molar-refractivity contribution in [3.8, 4) is 11.1 Å². The summed E-state index contributed by atoms with van der Waals surface area (Å²) in [5, 5.41) is 17.6. The highest BCUT2D eigenvalue weighted by Gasteiger charge is 2.31. The van der Waals surface area contributed by atoms with E-state index in [1.807, 2.05) is 43.3 Å². The van der Waals surface area contributed by atoms with Crippen molar-refractivity contribution in [2.24, 2.45) is 11.8 Å². The summed E-state index contributed by atoms with van der Waals surface area (Å²) in [6, 6.07) is 18.3. The molecule has 2 N–H and O–H groups in total. The first kappa shape index (κ1) is 27.4. The number of alkyl halides is 3. The van der Waals surface area contributed by atoms with Gasteiger partial charge in [0.2, 0.25) is 0 Å². The van der Waals surface area contributed by atoms with Gasteiger partial charge in [0, 0.05) is 11.4 Å². The number of nitrogens with one attached hydrogen (secondary N) is 1. The number of aromatic nitrogens is 2. The van der Waals surface area contributed by atoms with Gasteiger partial charge in [-0.05, 0) is 79.5 Å². The number of fused-ring (bicyclic) bond motifs is 1. The first-order chi connectivity index (χ1) is 19.1. The summed E-state index contributed by atoms with van der Waals surface area (Å²) in [6.07, 6.45) is -0.244. The quantitative estimate of drug-likeness (QED) is 0.266. The second kappa shape index (κ2) is 11.2. The Morgan fingerprint density at radius 1 is 1.00 bits per heavy atom. The van der Waals surface area contributed by atoms with E-state index in [9.17, 15) is 27.9 Å². The Labute approximate surface area is 229 Å². The molecule has 0 radical (unpaired) electrons. The predicted octanol–water partition coefficient (Wildman–Crippen LogP) is 6.78. The van der Waals surface area contributed by atoms with E-state index >= 15 is 0 Å². The van der Waals surface area contributed by atoms with E-state index in [1.54, 1.807) is 23.0 Å². The lowest BCUT2D eigenvalue weighted by atomic mass is 9.79. The Morgan fingerprint density at radius 2 is 1.73 bits per heavy atom. The van der Waals surface area contributed by atoms with Gasteiger partial charge in [-0.25, -0.2) is 0 Å². The molecular weight excluding hydrogens is 519 g/mol. The number of carbonyl (C=O) groups excluding carboxylic acids is 1. The standard InChI is InChI=1S/C31H30F3N3O3/c1-19(21-10-12-23(13-11-21)30(39)40)36-29(38)27-16-24(22-7-3-2-4-8-22)15-25-17-35-37(28(25)27)18-20-6-5-9-26(14-20)31(32,33)34/h2-9,14-17,19,21,23H,10-13,18H2,1H3,(H,36,38)(H,39,40). The fourth-order valence-electron chi connectivity index (χ4n) is 5.61. The van der Waals surface area contributed by atoms with Crippen LogP contribution in [0.1, 0.15) is 54.1 Å². The number of nitrogens with zero attached hydrogens (tertiary/aromatic N) is 2. The number of carboxylic acids is 1. The Balaban J connectivity index is 1.48. The lowest BCUT2D eigenvalue weighted by Gasteiger charge is -2.31. The molecule has 4 aromatic rings. The molecule has 1 heterocycles. The van der Waals surface area contributed by atoms with Crippen molar-refractivity contribution in [3.63, 3.8) is 0 Å². The molecule has 9 heteroatoms. The predicted molar refractivity (Wildman–Crippen MR) is 146 cm³/mol. The van der Waals surface area contributed by atoms with Gasteiger partial charge in [-0.2, -0.15) is 18.3 Å². The summed E-state index contributed by atoms with van der Waals surface area (Å²) >= 11 is 0. The average molecular weight is 550 g/mol. The number of carboxylic acid groups (broad SMARTS) is 1. The molecule has 5 rings (SSSR count). The Hall–Kier alpha value is -4.14. The average Bonchev–Trinajstić information content (AvgIpc) is 3.35. The van der Waals surface area contributed by atoms with Crippen molar-refractivity contribution in [1.82, 2.24) is 15.1 Å². The zero-order valence-electron chi connectivity index (χ0n) is 22.0. The van der Waals surface area contributed by atoms with E-state index < -0.39 is 17.7 Å². The number of aliphatic carboxylic acids is 1. The highest BCUT2D eigenvalue weighted by molar-refractivity contribution is 6.07. The molecule has 0 aliphatic heterocycles. The molecule has 1 atom stereocenters. The maximum atomic E-state index is 13.8. The summed E-state index contributed by atoms with van der Waals surface area (Å²) in [5.41, 5.74) is 2.35. The van der Waals surface area contributed by atoms with E-state index in [-0.39, 0.29) is 30.3 Å². The van der Waals surface area contributed by atoms with Crippen molar-refractivity contribution < 1.29 is 27.9 Å². The Morgan fingerprint density at radius 3 is 2.40 bits per heavy atom. The third-order valence-electron chi connectivity index (χ3n) is 7.86. The molecule has 1 saturated carbocycles. The van der Waals surface area contributed by atoms with Gasteiger partial charge in [-0.15, -0.1) is 0 Å². The molecule has 40 heavy (non-hydrogen) atoms. The summed E-state index contributed by atoms with van der Waals surface area (Å²) in [5.74, 6) is -1.26. The summed E-state index contributed by atoms with van der Waals surface area (Å²) in [7, 11) is 0. The first-order valence-corrected chi connectivity index (χ1v) is 13.3. The van der Waals surface area contributed by atoms with E-state index in [2.05, 4.69) is 10.4 Å². The minimum atomic E-state index is -4.46. The second-order valence-corrected chi connectivity index (χ2v) is 10.5. The van der Waals surface area contributed by atoms with Crippen molar-refractivity contribution in [2.75, 3.05) is 0 Å². The van der Waals surface area contributed by atoms with Crippen LogP contribution in [0.25, 0.3) is 22.0 Å². The molecule has 1 aromatic heterocycles. The molecule has 208 valence electrons. The SMILES string of the molecule is CC(NC(=O)c1cc(-c2ccccc2)cc2cnn(Cc3cccc(C(F)(F)F)c3)c12)C1CCC(C(=O)O)CC1. The van der Waals surface area contributed by atoms with Crippen LogP contribution < -0.4 is 5.32 Å². The molecule has 0 bridgehead atoms. The minimum absolute atomic E-state index is 0.0626. The third kappa shape index (κ3) is 5.88. The molecule has 1 amide bonds. The molecule has 1 fully saturated rings. The number of hydrogen-bond acceptors (Lipinski definition) is 3. The zero-order chi connectivity index (χ0) is 28.4. The number of rotatable bonds is 7. The molecule has 6 nitrogen and oxygen atoms in total. The van der Waals surface area contributed by atoms with Gasteiger partial charge in [0.25, 0.3) is 5.91 Å². The molecule has 0 saturated heterocycles. The van der Waals surface area contributed by atoms with Gasteiger partial charge in [-0.1, -0.05) is 42.5 Å². The monoisotopic (exact) mass is 549 g/mol. The fraction of sp³-hybridized carbons (Fsp3) is 0.323. The van der Waals surface area contributed by atoms with Crippen LogP contribution in [0.5, 0.6) is 0 Å². The minimum Gasteiger partial charge on any atom is -0.481 e. The van der Waals surface area contributed by atoms with Gasteiger partial charge in [0.05, 0.1) is 35.3 Å². The Kier molecular flexibility index (Phi) is 7.65. The highest BCUT2D eigenvalue weighted by atomic mass is 19.4. The number of amides is 1. The number of benzene rings is 3. The third-order valence-corrected chi connectivity index (χ3v) is 7.86. The van der Waals surface area contributed by atoms with E-state index in [0.717, 1.165) is 23.3 Å². The second-order valence-electron chi connectivity index (χ2n) is 10.5.